The molecule has 0 spiro atoms. The summed E-state index contributed by atoms with van der Waals surface area (Å²) < 4.78 is 0. The number of tetrazole rings is 1. The fourth-order valence-corrected chi connectivity index (χ4v) is 2.61. The number of hydrogen-bond acceptors (Lipinski definition) is 5. The molecule has 0 bridgehead atoms. The van der Waals surface area contributed by atoms with E-state index in [-0.39, 0.29) is 5.75 Å². The summed E-state index contributed by atoms with van der Waals surface area (Å²) in [5.41, 5.74) is 4.11. The van der Waals surface area contributed by atoms with Crippen molar-refractivity contribution in [2.24, 2.45) is 0 Å². The van der Waals surface area contributed by atoms with E-state index in [1.165, 1.54) is 6.07 Å². The number of benzene rings is 1. The van der Waals surface area contributed by atoms with Gasteiger partial charge in [-0.05, 0) is 36.3 Å². The minimum absolute atomic E-state index is 0.338. The van der Waals surface area contributed by atoms with Gasteiger partial charge in [-0.3, -0.25) is 4.79 Å². The average Bonchev–Trinajstić information content (AvgIpc) is 3.19. The van der Waals surface area contributed by atoms with Crippen LogP contribution >= 0.6 is 0 Å². The molecule has 0 saturated heterocycles. The minimum Gasteiger partial charge on any atom is -0.503 e. The molecule has 0 fully saturated rings. The Balaban J connectivity index is 2.10. The van der Waals surface area contributed by atoms with Crippen molar-refractivity contribution in [1.82, 2.24) is 25.6 Å². The molecular formula is C20H19N5O2. The molecule has 0 unspecified atom stereocenters. The van der Waals surface area contributed by atoms with Crippen LogP contribution < -0.4 is 5.56 Å². The number of aromatic nitrogens is 5. The maximum atomic E-state index is 12.0. The lowest BCUT2D eigenvalue weighted by atomic mass is 9.97. The van der Waals surface area contributed by atoms with Gasteiger partial charge in [0.1, 0.15) is 0 Å². The lowest BCUT2D eigenvalue weighted by Gasteiger charge is -2.12. The third-order valence-electron chi connectivity index (χ3n) is 3.97. The van der Waals surface area contributed by atoms with Gasteiger partial charge in [-0.2, -0.15) is 5.21 Å². The van der Waals surface area contributed by atoms with Crippen molar-refractivity contribution in [3.63, 3.8) is 0 Å². The fraction of sp³-hybridized carbons (Fsp3) is 0.100. The summed E-state index contributed by atoms with van der Waals surface area (Å²) in [6, 6.07) is 8.92. The first-order valence-corrected chi connectivity index (χ1v) is 8.30. The van der Waals surface area contributed by atoms with E-state index in [0.717, 1.165) is 22.3 Å². The number of allylic oxidation sites excluding steroid dienone is 5. The van der Waals surface area contributed by atoms with E-state index in [1.807, 2.05) is 56.3 Å². The monoisotopic (exact) mass is 361 g/mol. The smallest absolute Gasteiger partial charge is 0.290 e. The van der Waals surface area contributed by atoms with Gasteiger partial charge >= 0.3 is 0 Å². The van der Waals surface area contributed by atoms with Crippen molar-refractivity contribution in [3.05, 3.63) is 76.8 Å². The second-order valence-electron chi connectivity index (χ2n) is 6.01. The summed E-state index contributed by atoms with van der Waals surface area (Å²) in [6.45, 7) is 7.63. The molecular weight excluding hydrogens is 342 g/mol. The molecule has 2 aromatic heterocycles. The summed E-state index contributed by atoms with van der Waals surface area (Å²) in [5.74, 6) is 0.153. The van der Waals surface area contributed by atoms with Crippen molar-refractivity contribution in [2.75, 3.05) is 0 Å². The van der Waals surface area contributed by atoms with Crippen LogP contribution in [0.5, 0.6) is 5.75 Å². The maximum Gasteiger partial charge on any atom is 0.290 e. The molecule has 0 atom stereocenters. The zero-order valence-corrected chi connectivity index (χ0v) is 15.0. The Kier molecular flexibility index (Phi) is 5.12. The van der Waals surface area contributed by atoms with Crippen LogP contribution in [0.2, 0.25) is 0 Å². The van der Waals surface area contributed by atoms with Gasteiger partial charge in [0.05, 0.1) is 5.69 Å². The Morgan fingerprint density at radius 3 is 2.48 bits per heavy atom. The Bertz CT molecular complexity index is 1070. The summed E-state index contributed by atoms with van der Waals surface area (Å²) in [5, 5.41) is 23.8. The van der Waals surface area contributed by atoms with Crippen molar-refractivity contribution >= 4 is 5.57 Å². The lowest BCUT2D eigenvalue weighted by Crippen LogP contribution is -2.09. The predicted octanol–water partition coefficient (Wildman–Crippen LogP) is 3.46. The van der Waals surface area contributed by atoms with Gasteiger partial charge in [-0.1, -0.05) is 54.6 Å². The van der Waals surface area contributed by atoms with Crippen LogP contribution in [-0.2, 0) is 0 Å². The number of aromatic amines is 2. The highest BCUT2D eigenvalue weighted by Gasteiger charge is 2.13. The second-order valence-corrected chi connectivity index (χ2v) is 6.01. The summed E-state index contributed by atoms with van der Waals surface area (Å²) in [4.78, 5) is 14.8. The normalized spacial score (nSPS) is 11.9. The van der Waals surface area contributed by atoms with Gasteiger partial charge in [0.15, 0.2) is 5.75 Å². The average molecular weight is 361 g/mol. The van der Waals surface area contributed by atoms with E-state index in [0.29, 0.717) is 17.1 Å². The third kappa shape index (κ3) is 3.92. The number of nitrogens with one attached hydrogen (secondary N) is 2. The van der Waals surface area contributed by atoms with E-state index >= 15 is 0 Å². The fourth-order valence-electron chi connectivity index (χ4n) is 2.61. The number of nitrogens with zero attached hydrogens (tertiary/aromatic N) is 3. The molecule has 0 aliphatic carbocycles. The van der Waals surface area contributed by atoms with E-state index in [1.54, 1.807) is 0 Å². The van der Waals surface area contributed by atoms with Gasteiger partial charge < -0.3 is 10.1 Å². The Morgan fingerprint density at radius 1 is 1.19 bits per heavy atom. The minimum atomic E-state index is -0.541. The zero-order valence-electron chi connectivity index (χ0n) is 15.0. The Hall–Kier alpha value is -3.74. The van der Waals surface area contributed by atoms with E-state index in [2.05, 4.69) is 32.2 Å². The zero-order chi connectivity index (χ0) is 19.4. The van der Waals surface area contributed by atoms with Crippen LogP contribution in [0.15, 0.2) is 65.5 Å². The molecule has 3 aromatic rings. The van der Waals surface area contributed by atoms with E-state index < -0.39 is 5.56 Å². The van der Waals surface area contributed by atoms with E-state index in [9.17, 15) is 9.90 Å². The molecule has 136 valence electrons. The van der Waals surface area contributed by atoms with Gasteiger partial charge in [-0.25, -0.2) is 0 Å². The molecule has 3 rings (SSSR count). The molecule has 1 aromatic carbocycles. The summed E-state index contributed by atoms with van der Waals surface area (Å²) in [7, 11) is 0. The number of aromatic hydroxyl groups is 1. The molecule has 0 saturated carbocycles. The van der Waals surface area contributed by atoms with Crippen LogP contribution in [0.25, 0.3) is 28.1 Å². The second kappa shape index (κ2) is 7.65. The highest BCUT2D eigenvalue weighted by atomic mass is 16.3. The standard InChI is InChI=1S/C20H19N5O2/c1-4-13(6-5-12(2)3)18-16(11-17(26)20(27)21-18)14-7-9-15(10-8-14)19-22-24-25-23-19/h4-11,26H,2H2,1,3H3,(H,21,27)(H,22,23,24,25)/b6-5-,13-4+. The van der Waals surface area contributed by atoms with Crippen LogP contribution in [-0.4, -0.2) is 30.7 Å². The Labute approximate surface area is 155 Å². The predicted molar refractivity (Wildman–Crippen MR) is 105 cm³/mol. The van der Waals surface area contributed by atoms with Crippen LogP contribution in [0.3, 0.4) is 0 Å². The first-order chi connectivity index (χ1) is 13.0. The number of rotatable bonds is 5. The molecule has 0 aliphatic rings. The van der Waals surface area contributed by atoms with Gasteiger partial charge in [0.25, 0.3) is 5.56 Å². The summed E-state index contributed by atoms with van der Waals surface area (Å²) in [6.07, 6.45) is 5.63. The first kappa shape index (κ1) is 18.1. The largest absolute Gasteiger partial charge is 0.503 e. The molecule has 0 amide bonds. The van der Waals surface area contributed by atoms with E-state index in [4.69, 9.17) is 0 Å². The quantitative estimate of drug-likeness (QED) is 0.603. The number of hydrogen-bond donors (Lipinski definition) is 3. The van der Waals surface area contributed by atoms with Crippen LogP contribution in [0, 0.1) is 0 Å². The van der Waals surface area contributed by atoms with Crippen LogP contribution in [0.4, 0.5) is 0 Å². The van der Waals surface area contributed by atoms with Gasteiger partial charge in [-0.15, -0.1) is 10.2 Å². The SMILES string of the molecule is C=C(C)/C=C\C(=C/C)c1[nH]c(=O)c(O)cc1-c1ccc(-c2nn[nH]n2)cc1. The Morgan fingerprint density at radius 2 is 1.89 bits per heavy atom. The highest BCUT2D eigenvalue weighted by molar-refractivity contribution is 5.84. The molecule has 27 heavy (non-hydrogen) atoms. The van der Waals surface area contributed by atoms with Crippen molar-refractivity contribution in [2.45, 2.75) is 13.8 Å². The topological polar surface area (TPSA) is 108 Å². The molecule has 0 radical (unpaired) electrons. The van der Waals surface area contributed by atoms with Gasteiger partial charge in [0, 0.05) is 11.1 Å². The molecule has 7 nitrogen and oxygen atoms in total. The highest BCUT2D eigenvalue weighted by Crippen LogP contribution is 2.30. The molecule has 0 aliphatic heterocycles. The number of H-pyrrole nitrogens is 2. The van der Waals surface area contributed by atoms with Crippen molar-refractivity contribution in [3.8, 4) is 28.3 Å². The van der Waals surface area contributed by atoms with Crippen LogP contribution in [0.1, 0.15) is 19.5 Å². The molecule has 2 heterocycles. The molecule has 3 N–H and O–H groups in total. The number of pyridine rings is 1. The third-order valence-corrected chi connectivity index (χ3v) is 3.97. The lowest BCUT2D eigenvalue weighted by molar-refractivity contribution is 0.467. The molecule has 7 heteroatoms. The van der Waals surface area contributed by atoms with Crippen molar-refractivity contribution < 1.29 is 5.11 Å². The summed E-state index contributed by atoms with van der Waals surface area (Å²) >= 11 is 0. The van der Waals surface area contributed by atoms with Gasteiger partial charge in [0.2, 0.25) is 5.82 Å². The first-order valence-electron chi connectivity index (χ1n) is 8.30. The maximum absolute atomic E-state index is 12.0. The van der Waals surface area contributed by atoms with Crippen molar-refractivity contribution in [1.29, 1.82) is 0 Å².